The van der Waals surface area contributed by atoms with Crippen molar-refractivity contribution >= 4 is 14.4 Å². The molecule has 5 nitrogen and oxygen atoms in total. The third-order valence-corrected chi connectivity index (χ3v) is 9.78. The van der Waals surface area contributed by atoms with Crippen molar-refractivity contribution in [3.63, 3.8) is 0 Å². The largest absolute Gasteiger partial charge is 0.444 e. The first-order valence-electron chi connectivity index (χ1n) is 10.7. The van der Waals surface area contributed by atoms with Gasteiger partial charge in [-0.15, -0.1) is 0 Å². The molecule has 1 aromatic carbocycles. The van der Waals surface area contributed by atoms with Gasteiger partial charge in [-0.2, -0.15) is 0 Å². The second kappa shape index (κ2) is 11.1. The Morgan fingerprint density at radius 2 is 1.66 bits per heavy atom. The zero-order chi connectivity index (χ0) is 22.1. The van der Waals surface area contributed by atoms with Crippen molar-refractivity contribution in [3.8, 4) is 0 Å². The summed E-state index contributed by atoms with van der Waals surface area (Å²) in [6.07, 6.45) is 0.514. The van der Waals surface area contributed by atoms with Crippen molar-refractivity contribution in [2.24, 2.45) is 0 Å². The summed E-state index contributed by atoms with van der Waals surface area (Å²) in [7, 11) is -1.74. The number of benzene rings is 1. The molecule has 166 valence electrons. The molecule has 0 bridgehead atoms. The normalized spacial score (nSPS) is 12.9. The van der Waals surface area contributed by atoms with Crippen LogP contribution in [0.2, 0.25) is 18.1 Å². The van der Waals surface area contributed by atoms with Gasteiger partial charge in [-0.1, -0.05) is 51.1 Å². The Labute approximate surface area is 179 Å². The lowest BCUT2D eigenvalue weighted by Crippen LogP contribution is -2.43. The summed E-state index contributed by atoms with van der Waals surface area (Å²) in [6, 6.07) is 10.5. The second-order valence-electron chi connectivity index (χ2n) is 10.2. The molecule has 1 aromatic rings. The number of hydrogen-bond donors (Lipinski definition) is 1. The fraction of sp³-hybridized carbons (Fsp3) is 0.696. The molecule has 0 atom stereocenters. The lowest BCUT2D eigenvalue weighted by atomic mass is 10.2. The van der Waals surface area contributed by atoms with Crippen LogP contribution in [0.5, 0.6) is 0 Å². The Bertz CT molecular complexity index is 607. The molecule has 0 aliphatic carbocycles. The van der Waals surface area contributed by atoms with Crippen LogP contribution < -0.4 is 5.32 Å². The molecule has 0 aliphatic rings. The SMILES string of the molecule is CC(C)(C)OC(=O)NCCCN(CCO[Si](C)(C)C(C)(C)C)Cc1ccccc1. The number of amides is 1. The third kappa shape index (κ3) is 10.8. The maximum absolute atomic E-state index is 11.8. The fourth-order valence-corrected chi connectivity index (χ4v) is 3.60. The number of nitrogens with zero attached hydrogens (tertiary/aromatic N) is 1. The fourth-order valence-electron chi connectivity index (χ4n) is 2.57. The molecule has 0 aliphatic heterocycles. The first-order chi connectivity index (χ1) is 13.3. The van der Waals surface area contributed by atoms with Gasteiger partial charge >= 0.3 is 6.09 Å². The van der Waals surface area contributed by atoms with E-state index in [2.05, 4.69) is 68.3 Å². The van der Waals surface area contributed by atoms with E-state index in [1.54, 1.807) is 0 Å². The van der Waals surface area contributed by atoms with Crippen LogP contribution in [-0.4, -0.2) is 51.2 Å². The number of rotatable bonds is 10. The quantitative estimate of drug-likeness (QED) is 0.404. The summed E-state index contributed by atoms with van der Waals surface area (Å²) >= 11 is 0. The minimum Gasteiger partial charge on any atom is -0.444 e. The number of carbonyl (C=O) groups is 1. The van der Waals surface area contributed by atoms with E-state index < -0.39 is 13.9 Å². The van der Waals surface area contributed by atoms with Gasteiger partial charge in [0.05, 0.1) is 0 Å². The predicted octanol–water partition coefficient (Wildman–Crippen LogP) is 5.43. The van der Waals surface area contributed by atoms with Gasteiger partial charge in [0.1, 0.15) is 5.60 Å². The Morgan fingerprint density at radius 3 is 2.21 bits per heavy atom. The number of hydrogen-bond acceptors (Lipinski definition) is 4. The van der Waals surface area contributed by atoms with Crippen molar-refractivity contribution in [1.29, 1.82) is 0 Å². The summed E-state index contributed by atoms with van der Waals surface area (Å²) in [4.78, 5) is 14.2. The summed E-state index contributed by atoms with van der Waals surface area (Å²) in [5.74, 6) is 0. The molecular formula is C23H42N2O3Si. The Hall–Kier alpha value is -1.37. The first kappa shape index (κ1) is 25.7. The topological polar surface area (TPSA) is 50.8 Å². The predicted molar refractivity (Wildman–Crippen MR) is 124 cm³/mol. The van der Waals surface area contributed by atoms with E-state index in [1.165, 1.54) is 5.56 Å². The highest BCUT2D eigenvalue weighted by molar-refractivity contribution is 6.74. The minimum atomic E-state index is -1.74. The molecular weight excluding hydrogens is 380 g/mol. The average molecular weight is 423 g/mol. The molecule has 1 amide bonds. The van der Waals surface area contributed by atoms with E-state index in [-0.39, 0.29) is 11.1 Å². The lowest BCUT2D eigenvalue weighted by molar-refractivity contribution is 0.0525. The van der Waals surface area contributed by atoms with Gasteiger partial charge in [0, 0.05) is 32.8 Å². The number of carbonyl (C=O) groups excluding carboxylic acids is 1. The van der Waals surface area contributed by atoms with Crippen LogP contribution in [0.1, 0.15) is 53.5 Å². The molecule has 0 radical (unpaired) electrons. The van der Waals surface area contributed by atoms with E-state index in [9.17, 15) is 4.79 Å². The Morgan fingerprint density at radius 1 is 1.03 bits per heavy atom. The van der Waals surface area contributed by atoms with Gasteiger partial charge in [0.25, 0.3) is 0 Å². The standard InChI is InChI=1S/C23H42N2O3Si/c1-22(2,3)28-21(26)24-15-12-16-25(19-20-13-10-9-11-14-20)17-18-27-29(7,8)23(4,5)6/h9-11,13-14H,12,15-19H2,1-8H3,(H,24,26). The summed E-state index contributed by atoms with van der Waals surface area (Å²) in [6.45, 7) is 21.0. The van der Waals surface area contributed by atoms with E-state index in [0.717, 1.165) is 32.7 Å². The Balaban J connectivity index is 2.53. The smallest absolute Gasteiger partial charge is 0.407 e. The number of ether oxygens (including phenoxy) is 1. The second-order valence-corrected chi connectivity index (χ2v) is 15.0. The number of alkyl carbamates (subject to hydrolysis) is 1. The molecule has 29 heavy (non-hydrogen) atoms. The lowest BCUT2D eigenvalue weighted by Gasteiger charge is -2.37. The molecule has 1 N–H and O–H groups in total. The van der Waals surface area contributed by atoms with Gasteiger partial charge in [-0.25, -0.2) is 4.79 Å². The zero-order valence-electron chi connectivity index (χ0n) is 19.8. The van der Waals surface area contributed by atoms with Crippen LogP contribution in [-0.2, 0) is 15.7 Å². The monoisotopic (exact) mass is 422 g/mol. The maximum Gasteiger partial charge on any atom is 0.407 e. The van der Waals surface area contributed by atoms with E-state index in [1.807, 2.05) is 26.8 Å². The molecule has 0 aromatic heterocycles. The molecule has 0 saturated carbocycles. The third-order valence-electron chi connectivity index (χ3n) is 5.24. The summed E-state index contributed by atoms with van der Waals surface area (Å²) in [5.41, 5.74) is 0.824. The molecule has 0 spiro atoms. The molecule has 0 unspecified atom stereocenters. The van der Waals surface area contributed by atoms with E-state index >= 15 is 0 Å². The van der Waals surface area contributed by atoms with Gasteiger partial charge in [-0.05, 0) is 50.9 Å². The molecule has 6 heteroatoms. The first-order valence-corrected chi connectivity index (χ1v) is 13.6. The molecule has 1 rings (SSSR count). The molecule has 0 heterocycles. The maximum atomic E-state index is 11.8. The van der Waals surface area contributed by atoms with Gasteiger partial charge in [0.15, 0.2) is 8.32 Å². The highest BCUT2D eigenvalue weighted by Gasteiger charge is 2.36. The van der Waals surface area contributed by atoms with Crippen LogP contribution >= 0.6 is 0 Å². The summed E-state index contributed by atoms with van der Waals surface area (Å²) < 4.78 is 11.7. The average Bonchev–Trinajstić information content (AvgIpc) is 2.56. The van der Waals surface area contributed by atoms with Crippen LogP contribution in [0.3, 0.4) is 0 Å². The van der Waals surface area contributed by atoms with Crippen molar-refractivity contribution in [2.45, 2.75) is 78.2 Å². The van der Waals surface area contributed by atoms with Gasteiger partial charge < -0.3 is 14.5 Å². The van der Waals surface area contributed by atoms with Crippen molar-refractivity contribution in [3.05, 3.63) is 35.9 Å². The number of nitrogens with one attached hydrogen (secondary N) is 1. The molecule has 0 saturated heterocycles. The minimum absolute atomic E-state index is 0.217. The zero-order valence-corrected chi connectivity index (χ0v) is 20.8. The highest BCUT2D eigenvalue weighted by Crippen LogP contribution is 2.36. The summed E-state index contributed by atoms with van der Waals surface area (Å²) in [5, 5.41) is 3.06. The van der Waals surface area contributed by atoms with E-state index in [0.29, 0.717) is 6.54 Å². The van der Waals surface area contributed by atoms with Crippen LogP contribution in [0.25, 0.3) is 0 Å². The van der Waals surface area contributed by atoms with Gasteiger partial charge in [0.2, 0.25) is 0 Å². The highest BCUT2D eigenvalue weighted by atomic mass is 28.4. The van der Waals surface area contributed by atoms with E-state index in [4.69, 9.17) is 9.16 Å². The van der Waals surface area contributed by atoms with Gasteiger partial charge in [-0.3, -0.25) is 4.90 Å². The van der Waals surface area contributed by atoms with Crippen LogP contribution in [0.15, 0.2) is 30.3 Å². The van der Waals surface area contributed by atoms with Crippen LogP contribution in [0.4, 0.5) is 4.79 Å². The molecule has 0 fully saturated rings. The van der Waals surface area contributed by atoms with Crippen molar-refractivity contribution in [2.75, 3.05) is 26.2 Å². The van der Waals surface area contributed by atoms with Crippen molar-refractivity contribution < 1.29 is 14.0 Å². The van der Waals surface area contributed by atoms with Crippen molar-refractivity contribution in [1.82, 2.24) is 10.2 Å². The van der Waals surface area contributed by atoms with Crippen LogP contribution in [0, 0.1) is 0 Å². The Kier molecular flexibility index (Phi) is 9.85.